The average molecular weight is 394 g/mol. The summed E-state index contributed by atoms with van der Waals surface area (Å²) in [6, 6.07) is 26.2. The van der Waals surface area contributed by atoms with Gasteiger partial charge in [0, 0.05) is 11.1 Å². The second-order valence-corrected chi connectivity index (χ2v) is 9.31. The first-order valence-corrected chi connectivity index (χ1v) is 10.6. The number of fused-ring (bicyclic) bond motifs is 2. The number of hydrogen-bond acceptors (Lipinski definition) is 2. The molecule has 1 heterocycles. The fraction of sp³-hybridized carbons (Fsp3) is 0.250. The molecule has 1 atom stereocenters. The van der Waals surface area contributed by atoms with Gasteiger partial charge in [-0.1, -0.05) is 87.5 Å². The van der Waals surface area contributed by atoms with Crippen LogP contribution in [0.5, 0.6) is 0 Å². The highest BCUT2D eigenvalue weighted by Gasteiger charge is 2.32. The third-order valence-electron chi connectivity index (χ3n) is 6.20. The van der Waals surface area contributed by atoms with Crippen LogP contribution in [-0.2, 0) is 4.74 Å². The van der Waals surface area contributed by atoms with Gasteiger partial charge in [-0.3, -0.25) is 0 Å². The third-order valence-corrected chi connectivity index (χ3v) is 6.20. The van der Waals surface area contributed by atoms with Crippen molar-refractivity contribution in [3.63, 3.8) is 0 Å². The van der Waals surface area contributed by atoms with Crippen LogP contribution in [0.25, 0.3) is 32.7 Å². The maximum absolute atomic E-state index is 6.19. The topological polar surface area (TPSA) is 21.6 Å². The Balaban J connectivity index is 1.85. The summed E-state index contributed by atoms with van der Waals surface area (Å²) in [7, 11) is 0. The van der Waals surface area contributed by atoms with Crippen molar-refractivity contribution < 1.29 is 4.74 Å². The van der Waals surface area contributed by atoms with Crippen molar-refractivity contribution in [3.05, 3.63) is 83.9 Å². The maximum atomic E-state index is 6.19. The molecule has 30 heavy (non-hydrogen) atoms. The van der Waals surface area contributed by atoms with Crippen molar-refractivity contribution in [1.29, 1.82) is 0 Å². The van der Waals surface area contributed by atoms with Gasteiger partial charge >= 0.3 is 0 Å². The monoisotopic (exact) mass is 393 g/mol. The lowest BCUT2D eigenvalue weighted by molar-refractivity contribution is 0.236. The van der Waals surface area contributed by atoms with Crippen LogP contribution in [0.1, 0.15) is 31.9 Å². The average Bonchev–Trinajstić information content (AvgIpc) is 3.24. The minimum Gasteiger partial charge on any atom is -0.475 e. The van der Waals surface area contributed by atoms with Gasteiger partial charge in [0.1, 0.15) is 6.61 Å². The van der Waals surface area contributed by atoms with Gasteiger partial charge in [0.25, 0.3) is 0 Å². The molecule has 0 amide bonds. The van der Waals surface area contributed by atoms with Gasteiger partial charge in [-0.2, -0.15) is 0 Å². The lowest BCUT2D eigenvalue weighted by Gasteiger charge is -2.21. The standard InChI is InChI=1S/C28H27NO/c1-18-13-14-19-9-5-7-11-21(19)25(18)26-22-12-8-6-10-20(22)15-16-23(26)27-29-24(17-30-27)28(2,3)4/h5-16,24H,17H2,1-4H3/t24-/m1/s1. The summed E-state index contributed by atoms with van der Waals surface area (Å²) in [4.78, 5) is 5.03. The van der Waals surface area contributed by atoms with Gasteiger partial charge in [-0.25, -0.2) is 4.99 Å². The van der Waals surface area contributed by atoms with E-state index in [-0.39, 0.29) is 11.5 Å². The Morgan fingerprint density at radius 1 is 0.767 bits per heavy atom. The molecule has 0 saturated heterocycles. The van der Waals surface area contributed by atoms with Gasteiger partial charge in [0.2, 0.25) is 5.90 Å². The van der Waals surface area contributed by atoms with E-state index in [0.717, 1.165) is 11.5 Å². The fourth-order valence-electron chi connectivity index (χ4n) is 4.40. The van der Waals surface area contributed by atoms with E-state index in [1.807, 2.05) is 0 Å². The minimum atomic E-state index is 0.0775. The second-order valence-electron chi connectivity index (χ2n) is 9.31. The number of nitrogens with zero attached hydrogens (tertiary/aromatic N) is 1. The lowest BCUT2D eigenvalue weighted by Crippen LogP contribution is -2.25. The highest BCUT2D eigenvalue weighted by molar-refractivity contribution is 6.15. The van der Waals surface area contributed by atoms with E-state index in [4.69, 9.17) is 9.73 Å². The Bertz CT molecular complexity index is 1290. The molecule has 0 unspecified atom stereocenters. The Morgan fingerprint density at radius 2 is 1.37 bits per heavy atom. The van der Waals surface area contributed by atoms with Crippen molar-refractivity contribution in [2.75, 3.05) is 6.61 Å². The molecule has 4 aromatic carbocycles. The zero-order valence-corrected chi connectivity index (χ0v) is 18.1. The van der Waals surface area contributed by atoms with Crippen molar-refractivity contribution in [2.45, 2.75) is 33.7 Å². The van der Waals surface area contributed by atoms with Crippen LogP contribution >= 0.6 is 0 Å². The second kappa shape index (κ2) is 6.98. The number of aryl methyl sites for hydroxylation is 1. The summed E-state index contributed by atoms with van der Waals surface area (Å²) >= 11 is 0. The molecule has 0 aliphatic carbocycles. The van der Waals surface area contributed by atoms with Gasteiger partial charge in [0.15, 0.2) is 0 Å². The number of benzene rings is 4. The number of ether oxygens (including phenoxy) is 1. The Labute approximate surface area is 178 Å². The Morgan fingerprint density at radius 3 is 2.00 bits per heavy atom. The molecule has 150 valence electrons. The van der Waals surface area contributed by atoms with Crippen molar-refractivity contribution >= 4 is 27.4 Å². The molecule has 5 rings (SSSR count). The van der Waals surface area contributed by atoms with Gasteiger partial charge in [-0.05, 0) is 51.1 Å². The largest absolute Gasteiger partial charge is 0.475 e. The van der Waals surface area contributed by atoms with Crippen LogP contribution in [0, 0.1) is 12.3 Å². The quantitative estimate of drug-likeness (QED) is 0.354. The van der Waals surface area contributed by atoms with Crippen LogP contribution < -0.4 is 0 Å². The highest BCUT2D eigenvalue weighted by Crippen LogP contribution is 2.40. The van der Waals surface area contributed by atoms with E-state index < -0.39 is 0 Å². The van der Waals surface area contributed by atoms with Crippen molar-refractivity contribution in [1.82, 2.24) is 0 Å². The summed E-state index contributed by atoms with van der Waals surface area (Å²) < 4.78 is 6.19. The molecule has 0 aromatic heterocycles. The Hall–Kier alpha value is -3.13. The minimum absolute atomic E-state index is 0.0775. The van der Waals surface area contributed by atoms with Crippen LogP contribution in [0.4, 0.5) is 0 Å². The van der Waals surface area contributed by atoms with Crippen LogP contribution in [0.2, 0.25) is 0 Å². The van der Waals surface area contributed by atoms with Gasteiger partial charge < -0.3 is 4.74 Å². The summed E-state index contributed by atoms with van der Waals surface area (Å²) in [5, 5.41) is 4.98. The van der Waals surface area contributed by atoms with Gasteiger partial charge in [0.05, 0.1) is 6.04 Å². The summed E-state index contributed by atoms with van der Waals surface area (Å²) in [6.07, 6.45) is 0. The lowest BCUT2D eigenvalue weighted by atomic mass is 9.87. The molecule has 0 fully saturated rings. The number of rotatable bonds is 2. The van der Waals surface area contributed by atoms with E-state index in [2.05, 4.69) is 100 Å². The summed E-state index contributed by atoms with van der Waals surface area (Å²) in [6.45, 7) is 9.51. The molecule has 0 radical (unpaired) electrons. The smallest absolute Gasteiger partial charge is 0.217 e. The first-order valence-electron chi connectivity index (χ1n) is 10.6. The third kappa shape index (κ3) is 3.08. The molecular weight excluding hydrogens is 366 g/mol. The predicted octanol–water partition coefficient (Wildman–Crippen LogP) is 7.16. The first-order chi connectivity index (χ1) is 14.4. The van der Waals surface area contributed by atoms with E-state index >= 15 is 0 Å². The van der Waals surface area contributed by atoms with Crippen LogP contribution in [-0.4, -0.2) is 18.5 Å². The molecule has 0 spiro atoms. The molecule has 0 bridgehead atoms. The van der Waals surface area contributed by atoms with E-state index in [1.165, 1.54) is 38.2 Å². The zero-order chi connectivity index (χ0) is 20.9. The highest BCUT2D eigenvalue weighted by atomic mass is 16.5. The molecule has 2 heteroatoms. The van der Waals surface area contributed by atoms with E-state index in [0.29, 0.717) is 6.61 Å². The Kier molecular flexibility index (Phi) is 4.39. The van der Waals surface area contributed by atoms with Crippen LogP contribution in [0.15, 0.2) is 77.8 Å². The number of hydrogen-bond donors (Lipinski definition) is 0. The van der Waals surface area contributed by atoms with Crippen LogP contribution in [0.3, 0.4) is 0 Å². The predicted molar refractivity (Wildman–Crippen MR) is 127 cm³/mol. The van der Waals surface area contributed by atoms with Gasteiger partial charge in [-0.15, -0.1) is 0 Å². The molecule has 0 N–H and O–H groups in total. The normalized spacial score (nSPS) is 16.7. The molecule has 2 nitrogen and oxygen atoms in total. The molecule has 1 aliphatic rings. The molecule has 0 saturated carbocycles. The summed E-state index contributed by atoms with van der Waals surface area (Å²) in [5.74, 6) is 0.767. The fourth-order valence-corrected chi connectivity index (χ4v) is 4.40. The number of aliphatic imine (C=N–C) groups is 1. The first kappa shape index (κ1) is 18.9. The molecular formula is C28H27NO. The van der Waals surface area contributed by atoms with E-state index in [9.17, 15) is 0 Å². The molecule has 4 aromatic rings. The maximum Gasteiger partial charge on any atom is 0.217 e. The molecule has 1 aliphatic heterocycles. The van der Waals surface area contributed by atoms with Crippen molar-refractivity contribution in [3.8, 4) is 11.1 Å². The van der Waals surface area contributed by atoms with Crippen molar-refractivity contribution in [2.24, 2.45) is 10.4 Å². The summed E-state index contributed by atoms with van der Waals surface area (Å²) in [5.41, 5.74) is 4.91. The zero-order valence-electron chi connectivity index (χ0n) is 18.1. The van der Waals surface area contributed by atoms with E-state index in [1.54, 1.807) is 0 Å². The SMILES string of the molecule is Cc1ccc2ccccc2c1-c1c(C2=N[C@@H](C(C)(C)C)CO2)ccc2ccccc12.